The van der Waals surface area contributed by atoms with E-state index in [9.17, 15) is 10.1 Å². The largest absolute Gasteiger partial charge is 0.433 e. The number of nitrogens with zero attached hydrogens (tertiary/aromatic N) is 4. The molecule has 0 saturated carbocycles. The number of furan rings is 1. The van der Waals surface area contributed by atoms with Crippen molar-refractivity contribution in [2.75, 3.05) is 7.05 Å². The van der Waals surface area contributed by atoms with Gasteiger partial charge in [-0.25, -0.2) is 4.68 Å². The molecule has 8 heteroatoms. The fourth-order valence-electron chi connectivity index (χ4n) is 2.85. The lowest BCUT2D eigenvalue weighted by Crippen LogP contribution is -2.11. The molecule has 29 heavy (non-hydrogen) atoms. The van der Waals surface area contributed by atoms with Crippen molar-refractivity contribution in [3.8, 4) is 22.4 Å². The third-order valence-corrected chi connectivity index (χ3v) is 5.16. The zero-order valence-electron chi connectivity index (χ0n) is 15.4. The van der Waals surface area contributed by atoms with E-state index in [-0.39, 0.29) is 5.88 Å². The van der Waals surface area contributed by atoms with Crippen LogP contribution in [0, 0.1) is 10.1 Å². The Hall–Kier alpha value is -3.78. The molecule has 0 radical (unpaired) electrons. The number of hydrogen-bond acceptors (Lipinski definition) is 6. The van der Waals surface area contributed by atoms with Crippen LogP contribution >= 0.6 is 11.3 Å². The molecule has 0 N–H and O–H groups in total. The van der Waals surface area contributed by atoms with Crippen LogP contribution in [0.5, 0.6) is 0 Å². The van der Waals surface area contributed by atoms with Crippen LogP contribution in [-0.4, -0.2) is 22.9 Å². The Morgan fingerprint density at radius 3 is 2.34 bits per heavy atom. The Morgan fingerprint density at radius 1 is 1.00 bits per heavy atom. The number of benzene rings is 2. The minimum Gasteiger partial charge on any atom is -0.400 e. The van der Waals surface area contributed by atoms with E-state index in [2.05, 4.69) is 34.4 Å². The second kappa shape index (κ2) is 8.07. The molecule has 0 aliphatic heterocycles. The molecule has 7 nitrogen and oxygen atoms in total. The van der Waals surface area contributed by atoms with Crippen LogP contribution in [0.15, 0.2) is 86.6 Å². The molecule has 0 bridgehead atoms. The molecular weight excluding hydrogens is 388 g/mol. The zero-order chi connectivity index (χ0) is 20.2. The molecule has 0 saturated heterocycles. The van der Waals surface area contributed by atoms with Crippen LogP contribution in [0.25, 0.3) is 22.4 Å². The van der Waals surface area contributed by atoms with E-state index in [4.69, 9.17) is 4.42 Å². The lowest BCUT2D eigenvalue weighted by atomic mass is 10.0. The standard InChI is InChI=1S/C21H16N4O3S/c1-22-21-24(23-13-18-11-12-20(28-18)25(26)27)19(14-29-21)17-9-7-16(8-10-17)15-5-3-2-4-6-15/h2-14H,1H3. The average Bonchev–Trinajstić information content (AvgIpc) is 3.40. The van der Waals surface area contributed by atoms with Gasteiger partial charge in [-0.15, -0.1) is 11.3 Å². The molecular formula is C21H16N4O3S. The lowest BCUT2D eigenvalue weighted by Gasteiger charge is -2.05. The minimum absolute atomic E-state index is 0.294. The number of rotatable bonds is 5. The highest BCUT2D eigenvalue weighted by atomic mass is 32.1. The number of thiazole rings is 1. The molecule has 0 aliphatic carbocycles. The van der Waals surface area contributed by atoms with E-state index >= 15 is 0 Å². The monoisotopic (exact) mass is 404 g/mol. The molecule has 0 aliphatic rings. The molecule has 4 rings (SSSR count). The highest BCUT2D eigenvalue weighted by Gasteiger charge is 2.11. The van der Waals surface area contributed by atoms with Crippen molar-refractivity contribution in [2.24, 2.45) is 10.1 Å². The maximum atomic E-state index is 10.8. The van der Waals surface area contributed by atoms with Gasteiger partial charge in [-0.05, 0) is 17.2 Å². The number of hydrogen-bond donors (Lipinski definition) is 0. The summed E-state index contributed by atoms with van der Waals surface area (Å²) in [6.45, 7) is 0. The van der Waals surface area contributed by atoms with Crippen LogP contribution in [-0.2, 0) is 0 Å². The Balaban J connectivity index is 1.67. The van der Waals surface area contributed by atoms with Gasteiger partial charge in [0, 0.05) is 18.0 Å². The molecule has 0 atom stereocenters. The molecule has 0 unspecified atom stereocenters. The van der Waals surface area contributed by atoms with Gasteiger partial charge in [0.05, 0.1) is 18.0 Å². The first-order valence-electron chi connectivity index (χ1n) is 8.73. The Morgan fingerprint density at radius 2 is 1.69 bits per heavy atom. The van der Waals surface area contributed by atoms with Crippen LogP contribution < -0.4 is 4.80 Å². The van der Waals surface area contributed by atoms with Gasteiger partial charge in [0.25, 0.3) is 0 Å². The van der Waals surface area contributed by atoms with E-state index in [1.165, 1.54) is 29.7 Å². The predicted octanol–water partition coefficient (Wildman–Crippen LogP) is 4.80. The van der Waals surface area contributed by atoms with Crippen molar-refractivity contribution < 1.29 is 9.34 Å². The Labute approximate surface area is 170 Å². The minimum atomic E-state index is -0.582. The molecule has 2 aromatic carbocycles. The zero-order valence-corrected chi connectivity index (χ0v) is 16.2. The summed E-state index contributed by atoms with van der Waals surface area (Å²) >= 11 is 1.46. The summed E-state index contributed by atoms with van der Waals surface area (Å²) in [4.78, 5) is 15.1. The molecule has 0 spiro atoms. The van der Waals surface area contributed by atoms with Crippen molar-refractivity contribution in [2.45, 2.75) is 0 Å². The fourth-order valence-corrected chi connectivity index (χ4v) is 3.65. The summed E-state index contributed by atoms with van der Waals surface area (Å²) in [5.74, 6) is -0.0262. The molecule has 4 aromatic rings. The smallest absolute Gasteiger partial charge is 0.400 e. The van der Waals surface area contributed by atoms with Crippen molar-refractivity contribution in [1.29, 1.82) is 0 Å². The van der Waals surface area contributed by atoms with Crippen LogP contribution in [0.4, 0.5) is 5.88 Å². The third kappa shape index (κ3) is 3.92. The summed E-state index contributed by atoms with van der Waals surface area (Å²) in [5, 5.41) is 17.2. The second-order valence-electron chi connectivity index (χ2n) is 6.06. The Kier molecular flexibility index (Phi) is 5.17. The van der Waals surface area contributed by atoms with E-state index in [0.717, 1.165) is 22.4 Å². The fraction of sp³-hybridized carbons (Fsp3) is 0.0476. The quantitative estimate of drug-likeness (QED) is 0.272. The first-order chi connectivity index (χ1) is 14.2. The van der Waals surface area contributed by atoms with Gasteiger partial charge in [0.1, 0.15) is 4.92 Å². The van der Waals surface area contributed by atoms with E-state index in [1.54, 1.807) is 11.7 Å². The summed E-state index contributed by atoms with van der Waals surface area (Å²) in [6, 6.07) is 21.2. The molecule has 0 fully saturated rings. The first kappa shape index (κ1) is 18.6. The normalized spacial score (nSPS) is 12.0. The lowest BCUT2D eigenvalue weighted by molar-refractivity contribution is -0.402. The van der Waals surface area contributed by atoms with Crippen molar-refractivity contribution in [3.63, 3.8) is 0 Å². The van der Waals surface area contributed by atoms with Crippen molar-refractivity contribution in [3.05, 3.63) is 92.8 Å². The summed E-state index contributed by atoms with van der Waals surface area (Å²) in [7, 11) is 1.69. The third-order valence-electron chi connectivity index (χ3n) is 4.26. The first-order valence-corrected chi connectivity index (χ1v) is 9.61. The number of aromatic nitrogens is 1. The van der Waals surface area contributed by atoms with Crippen molar-refractivity contribution in [1.82, 2.24) is 4.68 Å². The van der Waals surface area contributed by atoms with Gasteiger partial charge in [0.15, 0.2) is 5.76 Å². The Bertz CT molecular complexity index is 1230. The highest BCUT2D eigenvalue weighted by molar-refractivity contribution is 7.07. The average molecular weight is 404 g/mol. The van der Waals surface area contributed by atoms with Crippen LogP contribution in [0.2, 0.25) is 0 Å². The summed E-state index contributed by atoms with van der Waals surface area (Å²) < 4.78 is 6.83. The molecule has 0 amide bonds. The predicted molar refractivity (Wildman–Crippen MR) is 113 cm³/mol. The molecule has 2 heterocycles. The van der Waals surface area contributed by atoms with Gasteiger partial charge in [0.2, 0.25) is 4.80 Å². The van der Waals surface area contributed by atoms with E-state index in [0.29, 0.717) is 10.6 Å². The van der Waals surface area contributed by atoms with E-state index in [1.807, 2.05) is 35.7 Å². The summed E-state index contributed by atoms with van der Waals surface area (Å²) in [6.07, 6.45) is 1.44. The number of nitro groups is 1. The molecule has 2 aromatic heterocycles. The highest BCUT2D eigenvalue weighted by Crippen LogP contribution is 2.25. The maximum Gasteiger partial charge on any atom is 0.433 e. The van der Waals surface area contributed by atoms with Gasteiger partial charge < -0.3 is 4.42 Å². The SMILES string of the molecule is CN=c1scc(-c2ccc(-c3ccccc3)cc2)n1N=Cc1ccc([N+](=O)[O-])o1. The van der Waals surface area contributed by atoms with Gasteiger partial charge >= 0.3 is 5.88 Å². The van der Waals surface area contributed by atoms with Crippen LogP contribution in [0.3, 0.4) is 0 Å². The van der Waals surface area contributed by atoms with E-state index < -0.39 is 4.92 Å². The summed E-state index contributed by atoms with van der Waals surface area (Å²) in [5.41, 5.74) is 4.13. The molecule has 144 valence electrons. The van der Waals surface area contributed by atoms with Gasteiger partial charge in [-0.2, -0.15) is 5.10 Å². The topological polar surface area (TPSA) is 85.9 Å². The van der Waals surface area contributed by atoms with Crippen molar-refractivity contribution >= 4 is 23.4 Å². The van der Waals surface area contributed by atoms with Gasteiger partial charge in [-0.1, -0.05) is 54.6 Å². The second-order valence-corrected chi connectivity index (χ2v) is 6.90. The van der Waals surface area contributed by atoms with Gasteiger partial charge in [-0.3, -0.25) is 15.1 Å². The maximum absolute atomic E-state index is 10.8. The van der Waals surface area contributed by atoms with Crippen LogP contribution in [0.1, 0.15) is 5.76 Å².